The molecule has 2 N–H and O–H groups in total. The molecule has 0 heterocycles. The van der Waals surface area contributed by atoms with E-state index >= 15 is 0 Å². The molecule has 0 spiro atoms. The van der Waals surface area contributed by atoms with Gasteiger partial charge in [-0.1, -0.05) is 24.1 Å². The molecule has 5 nitrogen and oxygen atoms in total. The average molecular weight is 331 g/mol. The van der Waals surface area contributed by atoms with E-state index in [0.717, 1.165) is 12.8 Å². The number of hydrogen-bond acceptors (Lipinski definition) is 3. The van der Waals surface area contributed by atoms with Crippen molar-refractivity contribution in [2.24, 2.45) is 11.1 Å². The monoisotopic (exact) mass is 330 g/mol. The van der Waals surface area contributed by atoms with Crippen molar-refractivity contribution in [1.29, 1.82) is 0 Å². The summed E-state index contributed by atoms with van der Waals surface area (Å²) in [5.74, 6) is 0.119. The number of hydrogen-bond donors (Lipinski definition) is 1. The lowest BCUT2D eigenvalue weighted by atomic mass is 9.85. The van der Waals surface area contributed by atoms with Crippen LogP contribution in [0.3, 0.4) is 0 Å². The van der Waals surface area contributed by atoms with Gasteiger partial charge in [0.15, 0.2) is 0 Å². The summed E-state index contributed by atoms with van der Waals surface area (Å²) in [7, 11) is -3.99. The van der Waals surface area contributed by atoms with Crippen molar-refractivity contribution in [2.75, 3.05) is 13.1 Å². The maximum Gasteiger partial charge on any atom is 0.256 e. The third-order valence-electron chi connectivity index (χ3n) is 3.87. The molecule has 1 aliphatic carbocycles. The molecule has 0 saturated heterocycles. The van der Waals surface area contributed by atoms with Gasteiger partial charge in [0.05, 0.1) is 15.5 Å². The van der Waals surface area contributed by atoms with E-state index in [1.807, 2.05) is 6.92 Å². The minimum absolute atomic E-state index is 0.0251. The molecule has 1 aromatic rings. The van der Waals surface area contributed by atoms with E-state index < -0.39 is 10.0 Å². The maximum absolute atomic E-state index is 12.7. The molecule has 0 aliphatic heterocycles. The normalized spacial score (nSPS) is 15.6. The Morgan fingerprint density at radius 2 is 2.10 bits per heavy atom. The van der Waals surface area contributed by atoms with Crippen LogP contribution in [0.25, 0.3) is 0 Å². The molecule has 1 amide bonds. The van der Waals surface area contributed by atoms with E-state index in [2.05, 4.69) is 0 Å². The van der Waals surface area contributed by atoms with Gasteiger partial charge in [-0.05, 0) is 37.8 Å². The fraction of sp³-hybridized carbons (Fsp3) is 0.500. The first-order valence-electron chi connectivity index (χ1n) is 6.95. The van der Waals surface area contributed by atoms with Crippen LogP contribution in [0.1, 0.15) is 36.5 Å². The largest absolute Gasteiger partial charge is 0.339 e. The van der Waals surface area contributed by atoms with Crippen LogP contribution < -0.4 is 5.14 Å². The second-order valence-electron chi connectivity index (χ2n) is 5.30. The van der Waals surface area contributed by atoms with Crippen LogP contribution in [0, 0.1) is 5.92 Å². The summed E-state index contributed by atoms with van der Waals surface area (Å²) in [6.45, 7) is 3.00. The molecule has 7 heteroatoms. The SMILES string of the molecule is CCN(CC1CCC1)C(=O)c1c(Cl)cccc1S(N)(=O)=O. The minimum Gasteiger partial charge on any atom is -0.339 e. The minimum atomic E-state index is -3.99. The van der Waals surface area contributed by atoms with Crippen LogP contribution in [0.15, 0.2) is 23.1 Å². The van der Waals surface area contributed by atoms with Crippen molar-refractivity contribution in [1.82, 2.24) is 4.90 Å². The zero-order valence-corrected chi connectivity index (χ0v) is 13.5. The molecule has 2 rings (SSSR count). The molecular formula is C14H19ClN2O3S. The molecule has 21 heavy (non-hydrogen) atoms. The van der Waals surface area contributed by atoms with Gasteiger partial charge >= 0.3 is 0 Å². The predicted octanol–water partition coefficient (Wildman–Crippen LogP) is 2.25. The van der Waals surface area contributed by atoms with E-state index in [9.17, 15) is 13.2 Å². The van der Waals surface area contributed by atoms with Crippen LogP contribution in [0.4, 0.5) is 0 Å². The summed E-state index contributed by atoms with van der Waals surface area (Å²) in [6.07, 6.45) is 3.40. The fourth-order valence-corrected chi connectivity index (χ4v) is 3.51. The fourth-order valence-electron chi connectivity index (χ4n) is 2.45. The van der Waals surface area contributed by atoms with Gasteiger partial charge < -0.3 is 4.90 Å². The lowest BCUT2D eigenvalue weighted by Crippen LogP contribution is -2.38. The smallest absolute Gasteiger partial charge is 0.256 e. The summed E-state index contributed by atoms with van der Waals surface area (Å²) < 4.78 is 23.3. The summed E-state index contributed by atoms with van der Waals surface area (Å²) in [4.78, 5) is 14.1. The van der Waals surface area contributed by atoms with Crippen molar-refractivity contribution >= 4 is 27.5 Å². The Labute approximate surface area is 130 Å². The number of benzene rings is 1. The molecule has 0 aromatic heterocycles. The molecule has 0 atom stereocenters. The molecule has 0 unspecified atom stereocenters. The van der Waals surface area contributed by atoms with Gasteiger partial charge in [0.25, 0.3) is 5.91 Å². The van der Waals surface area contributed by atoms with Crippen LogP contribution in [-0.2, 0) is 10.0 Å². The van der Waals surface area contributed by atoms with E-state index in [1.54, 1.807) is 4.90 Å². The number of sulfonamides is 1. The van der Waals surface area contributed by atoms with Crippen molar-refractivity contribution in [3.63, 3.8) is 0 Å². The molecule has 0 bridgehead atoms. The van der Waals surface area contributed by atoms with Crippen LogP contribution in [-0.4, -0.2) is 32.3 Å². The number of nitrogens with two attached hydrogens (primary N) is 1. The van der Waals surface area contributed by atoms with Gasteiger partial charge in [-0.2, -0.15) is 0 Å². The Morgan fingerprint density at radius 1 is 1.43 bits per heavy atom. The first kappa shape index (κ1) is 16.3. The van der Waals surface area contributed by atoms with E-state index in [1.165, 1.54) is 24.6 Å². The second kappa shape index (κ2) is 6.34. The van der Waals surface area contributed by atoms with E-state index in [4.69, 9.17) is 16.7 Å². The van der Waals surface area contributed by atoms with Crippen LogP contribution in [0.5, 0.6) is 0 Å². The summed E-state index contributed by atoms with van der Waals surface area (Å²) in [5.41, 5.74) is -0.0251. The molecule has 116 valence electrons. The number of nitrogens with zero attached hydrogens (tertiary/aromatic N) is 1. The molecule has 1 fully saturated rings. The number of rotatable bonds is 5. The van der Waals surface area contributed by atoms with Gasteiger partial charge in [-0.25, -0.2) is 13.6 Å². The lowest BCUT2D eigenvalue weighted by Gasteiger charge is -2.32. The first-order valence-corrected chi connectivity index (χ1v) is 8.87. The average Bonchev–Trinajstić information content (AvgIpc) is 2.35. The first-order chi connectivity index (χ1) is 9.84. The highest BCUT2D eigenvalue weighted by Crippen LogP contribution is 2.29. The van der Waals surface area contributed by atoms with Gasteiger partial charge in [-0.15, -0.1) is 0 Å². The number of carbonyl (C=O) groups is 1. The zero-order valence-electron chi connectivity index (χ0n) is 11.9. The number of carbonyl (C=O) groups excluding carboxylic acids is 1. The summed E-state index contributed by atoms with van der Waals surface area (Å²) in [5, 5.41) is 5.30. The molecule has 1 aliphatic rings. The molecule has 1 aromatic carbocycles. The predicted molar refractivity (Wildman–Crippen MR) is 81.7 cm³/mol. The Hall–Kier alpha value is -1.11. The van der Waals surface area contributed by atoms with Gasteiger partial charge in [0, 0.05) is 13.1 Å². The van der Waals surface area contributed by atoms with E-state index in [-0.39, 0.29) is 21.4 Å². The van der Waals surface area contributed by atoms with Crippen molar-refractivity contribution in [2.45, 2.75) is 31.1 Å². The summed E-state index contributed by atoms with van der Waals surface area (Å²) in [6, 6.07) is 4.29. The van der Waals surface area contributed by atoms with E-state index in [0.29, 0.717) is 19.0 Å². The van der Waals surface area contributed by atoms with Gasteiger partial charge in [-0.3, -0.25) is 4.79 Å². The number of amides is 1. The Kier molecular flexibility index (Phi) is 4.91. The second-order valence-corrected chi connectivity index (χ2v) is 7.24. The van der Waals surface area contributed by atoms with Gasteiger partial charge in [0.1, 0.15) is 0 Å². The highest BCUT2D eigenvalue weighted by Gasteiger charge is 2.28. The number of halogens is 1. The van der Waals surface area contributed by atoms with Gasteiger partial charge in [0.2, 0.25) is 10.0 Å². The van der Waals surface area contributed by atoms with Crippen molar-refractivity contribution < 1.29 is 13.2 Å². The van der Waals surface area contributed by atoms with Crippen LogP contribution in [0.2, 0.25) is 5.02 Å². The lowest BCUT2D eigenvalue weighted by molar-refractivity contribution is 0.0703. The van der Waals surface area contributed by atoms with Crippen molar-refractivity contribution in [3.05, 3.63) is 28.8 Å². The standard InChI is InChI=1S/C14H19ClN2O3S/c1-2-17(9-10-5-3-6-10)14(18)13-11(15)7-4-8-12(13)21(16,19)20/h4,7-8,10H,2-3,5-6,9H2,1H3,(H2,16,19,20). The highest BCUT2D eigenvalue weighted by atomic mass is 35.5. The van der Waals surface area contributed by atoms with Crippen molar-refractivity contribution in [3.8, 4) is 0 Å². The Bertz CT molecular complexity index is 642. The molecule has 1 saturated carbocycles. The molecular weight excluding hydrogens is 312 g/mol. The highest BCUT2D eigenvalue weighted by molar-refractivity contribution is 7.89. The quantitative estimate of drug-likeness (QED) is 0.899. The maximum atomic E-state index is 12.7. The molecule has 0 radical (unpaired) electrons. The zero-order chi connectivity index (χ0) is 15.6. The third kappa shape index (κ3) is 3.56. The Balaban J connectivity index is 2.37. The summed E-state index contributed by atoms with van der Waals surface area (Å²) >= 11 is 6.05. The number of primary sulfonamides is 1. The third-order valence-corrected chi connectivity index (χ3v) is 5.14. The van der Waals surface area contributed by atoms with Crippen LogP contribution >= 0.6 is 11.6 Å². The Morgan fingerprint density at radius 3 is 2.57 bits per heavy atom. The topological polar surface area (TPSA) is 80.5 Å².